The third-order valence-electron chi connectivity index (χ3n) is 5.28. The zero-order valence-electron chi connectivity index (χ0n) is 15.9. The Bertz CT molecular complexity index is 835. The van der Waals surface area contributed by atoms with Gasteiger partial charge in [-0.3, -0.25) is 4.79 Å². The lowest BCUT2D eigenvalue weighted by Crippen LogP contribution is -2.30. The number of piperidine rings is 1. The summed E-state index contributed by atoms with van der Waals surface area (Å²) in [7, 11) is 0. The van der Waals surface area contributed by atoms with Gasteiger partial charge in [0.25, 0.3) is 5.91 Å². The maximum Gasteiger partial charge on any atom is 0.253 e. The quantitative estimate of drug-likeness (QED) is 0.403. The van der Waals surface area contributed by atoms with E-state index < -0.39 is 0 Å². The molecule has 1 amide bonds. The number of amides is 1. The molecule has 0 radical (unpaired) electrons. The first-order valence-corrected chi connectivity index (χ1v) is 11.4. The van der Waals surface area contributed by atoms with Gasteiger partial charge in [0, 0.05) is 43.6 Å². The Labute approximate surface area is 175 Å². The number of nitrogens with zero attached hydrogens (tertiary/aromatic N) is 4. The van der Waals surface area contributed by atoms with Crippen LogP contribution in [0, 0.1) is 0 Å². The van der Waals surface area contributed by atoms with Gasteiger partial charge in [0.2, 0.25) is 0 Å². The molecule has 2 aliphatic heterocycles. The Hall–Kier alpha value is -1.79. The van der Waals surface area contributed by atoms with Gasteiger partial charge in [0.05, 0.1) is 0 Å². The molecule has 2 saturated heterocycles. The lowest BCUT2D eigenvalue weighted by molar-refractivity contribution is 0.0792. The Morgan fingerprint density at radius 1 is 1.00 bits per heavy atom. The maximum atomic E-state index is 12.6. The lowest BCUT2D eigenvalue weighted by atomic mass is 10.1. The van der Waals surface area contributed by atoms with E-state index in [-0.39, 0.29) is 5.91 Å². The molecule has 4 rings (SSSR count). The summed E-state index contributed by atoms with van der Waals surface area (Å²) in [5.41, 5.74) is 1.86. The Morgan fingerprint density at radius 2 is 1.75 bits per heavy atom. The number of carbonyl (C=O) groups excluding carboxylic acids is 1. The number of likely N-dealkylation sites (tertiary alicyclic amines) is 1. The Morgan fingerprint density at radius 3 is 2.54 bits per heavy atom. The molecule has 28 heavy (non-hydrogen) atoms. The second-order valence-corrected chi connectivity index (χ2v) is 8.70. The van der Waals surface area contributed by atoms with E-state index in [1.54, 1.807) is 11.8 Å². The fraction of sp³-hybridized carbons (Fsp3) is 0.476. The minimum absolute atomic E-state index is 0.135. The molecule has 3 heterocycles. The van der Waals surface area contributed by atoms with E-state index in [1.165, 1.54) is 19.3 Å². The lowest BCUT2D eigenvalue weighted by Gasteiger charge is -2.27. The summed E-state index contributed by atoms with van der Waals surface area (Å²) in [6.07, 6.45) is 5.88. The van der Waals surface area contributed by atoms with Crippen LogP contribution in [-0.4, -0.2) is 47.0 Å². The summed E-state index contributed by atoms with van der Waals surface area (Å²) in [5, 5.41) is 1.17. The molecular formula is C21H25ClN4OS. The first-order chi connectivity index (χ1) is 13.7. The zero-order chi connectivity index (χ0) is 19.3. The van der Waals surface area contributed by atoms with E-state index in [0.717, 1.165) is 56.0 Å². The van der Waals surface area contributed by atoms with Crippen LogP contribution in [0.1, 0.15) is 48.0 Å². The fourth-order valence-electron chi connectivity index (χ4n) is 3.78. The molecule has 0 saturated carbocycles. The number of benzene rings is 1. The molecule has 2 aliphatic rings. The number of hydrogen-bond donors (Lipinski definition) is 0. The number of carbonyl (C=O) groups is 1. The van der Waals surface area contributed by atoms with Gasteiger partial charge in [0.15, 0.2) is 5.16 Å². The van der Waals surface area contributed by atoms with Crippen LogP contribution in [0.5, 0.6) is 0 Å². The van der Waals surface area contributed by atoms with Gasteiger partial charge in [-0.2, -0.15) is 0 Å². The highest BCUT2D eigenvalue weighted by molar-refractivity contribution is 7.98. The molecule has 1 aromatic carbocycles. The zero-order valence-corrected chi connectivity index (χ0v) is 17.5. The van der Waals surface area contributed by atoms with Crippen molar-refractivity contribution in [2.45, 2.75) is 43.0 Å². The fourth-order valence-corrected chi connectivity index (χ4v) is 4.80. The number of anilines is 1. The molecule has 1 aromatic heterocycles. The van der Waals surface area contributed by atoms with E-state index in [4.69, 9.17) is 16.6 Å². The maximum absolute atomic E-state index is 12.6. The highest BCUT2D eigenvalue weighted by atomic mass is 35.5. The van der Waals surface area contributed by atoms with Gasteiger partial charge in [-0.05, 0) is 49.8 Å². The van der Waals surface area contributed by atoms with Gasteiger partial charge >= 0.3 is 0 Å². The van der Waals surface area contributed by atoms with Gasteiger partial charge in [-0.25, -0.2) is 9.97 Å². The van der Waals surface area contributed by atoms with Gasteiger partial charge in [-0.1, -0.05) is 35.5 Å². The van der Waals surface area contributed by atoms with Crippen molar-refractivity contribution in [3.05, 3.63) is 46.6 Å². The van der Waals surface area contributed by atoms with Crippen LogP contribution in [0.25, 0.3) is 0 Å². The van der Waals surface area contributed by atoms with Crippen LogP contribution in [0.3, 0.4) is 0 Å². The molecule has 0 atom stereocenters. The number of halogens is 1. The normalized spacial score (nSPS) is 17.2. The van der Waals surface area contributed by atoms with Gasteiger partial charge in [-0.15, -0.1) is 0 Å². The molecule has 2 aromatic rings. The van der Waals surface area contributed by atoms with Crippen molar-refractivity contribution in [2.75, 3.05) is 31.1 Å². The highest BCUT2D eigenvalue weighted by Crippen LogP contribution is 2.26. The van der Waals surface area contributed by atoms with E-state index in [0.29, 0.717) is 16.1 Å². The topological polar surface area (TPSA) is 49.3 Å². The summed E-state index contributed by atoms with van der Waals surface area (Å²) >= 11 is 7.81. The number of aromatic nitrogens is 2. The summed E-state index contributed by atoms with van der Waals surface area (Å²) in [6, 6.07) is 9.75. The van der Waals surface area contributed by atoms with Crippen molar-refractivity contribution < 1.29 is 4.79 Å². The van der Waals surface area contributed by atoms with E-state index in [9.17, 15) is 4.79 Å². The van der Waals surface area contributed by atoms with Crippen molar-refractivity contribution in [1.82, 2.24) is 14.9 Å². The van der Waals surface area contributed by atoms with Crippen LogP contribution >= 0.6 is 23.4 Å². The van der Waals surface area contributed by atoms with E-state index in [2.05, 4.69) is 9.88 Å². The van der Waals surface area contributed by atoms with Crippen molar-refractivity contribution in [2.24, 2.45) is 0 Å². The van der Waals surface area contributed by atoms with Crippen molar-refractivity contribution in [3.8, 4) is 0 Å². The number of thioether (sulfide) groups is 1. The summed E-state index contributed by atoms with van der Waals surface area (Å²) in [5.74, 6) is 1.76. The van der Waals surface area contributed by atoms with E-state index >= 15 is 0 Å². The second-order valence-electron chi connectivity index (χ2n) is 7.37. The smallest absolute Gasteiger partial charge is 0.253 e. The first-order valence-electron chi connectivity index (χ1n) is 9.99. The average molecular weight is 417 g/mol. The predicted molar refractivity (Wildman–Crippen MR) is 114 cm³/mol. The van der Waals surface area contributed by atoms with Crippen molar-refractivity contribution >= 4 is 35.1 Å². The van der Waals surface area contributed by atoms with Crippen LogP contribution in [0.4, 0.5) is 5.82 Å². The van der Waals surface area contributed by atoms with Gasteiger partial charge in [0.1, 0.15) is 11.0 Å². The molecule has 5 nitrogen and oxygen atoms in total. The summed E-state index contributed by atoms with van der Waals surface area (Å²) < 4.78 is 0. The minimum Gasteiger partial charge on any atom is -0.356 e. The molecule has 0 spiro atoms. The van der Waals surface area contributed by atoms with Crippen LogP contribution in [0.2, 0.25) is 5.15 Å². The SMILES string of the molecule is O=C(c1cccc(CSc2nc(Cl)cc(N3CCCCC3)n2)c1)N1CCCC1. The largest absolute Gasteiger partial charge is 0.356 e. The monoisotopic (exact) mass is 416 g/mol. The molecule has 148 valence electrons. The van der Waals surface area contributed by atoms with Crippen LogP contribution < -0.4 is 4.90 Å². The van der Waals surface area contributed by atoms with Crippen LogP contribution in [-0.2, 0) is 5.75 Å². The second kappa shape index (κ2) is 9.14. The number of hydrogen-bond acceptors (Lipinski definition) is 5. The molecule has 0 aliphatic carbocycles. The molecule has 0 bridgehead atoms. The molecule has 7 heteroatoms. The molecule has 0 N–H and O–H groups in total. The van der Waals surface area contributed by atoms with Crippen molar-refractivity contribution in [1.29, 1.82) is 0 Å². The summed E-state index contributed by atoms with van der Waals surface area (Å²) in [6.45, 7) is 3.79. The average Bonchev–Trinajstić information content (AvgIpc) is 3.27. The van der Waals surface area contributed by atoms with Crippen molar-refractivity contribution in [3.63, 3.8) is 0 Å². The summed E-state index contributed by atoms with van der Waals surface area (Å²) in [4.78, 5) is 25.9. The third-order valence-corrected chi connectivity index (χ3v) is 6.39. The standard InChI is InChI=1S/C21H25ClN4OS/c22-18-14-19(25-9-2-1-3-10-25)24-21(23-18)28-15-16-7-6-8-17(13-16)20(27)26-11-4-5-12-26/h6-8,13-14H,1-5,9-12,15H2. The Kier molecular flexibility index (Phi) is 6.37. The van der Waals surface area contributed by atoms with E-state index in [1.807, 2.05) is 35.2 Å². The van der Waals surface area contributed by atoms with Gasteiger partial charge < -0.3 is 9.80 Å². The molecule has 0 unspecified atom stereocenters. The molecular weight excluding hydrogens is 392 g/mol. The molecule has 2 fully saturated rings. The predicted octanol–water partition coefficient (Wildman–Crippen LogP) is 4.65. The minimum atomic E-state index is 0.135. The Balaban J connectivity index is 1.43. The third kappa shape index (κ3) is 4.78. The highest BCUT2D eigenvalue weighted by Gasteiger charge is 2.19. The first kappa shape index (κ1) is 19.5. The van der Waals surface area contributed by atoms with Crippen LogP contribution in [0.15, 0.2) is 35.5 Å². The number of rotatable bonds is 5.